The monoisotopic (exact) mass is 230 g/mol. The third kappa shape index (κ3) is 3.36. The third-order valence-electron chi connectivity index (χ3n) is 3.93. The standard InChI is InChI=1S/C12H26N2S/c1-10(8-15-4)14(3)9-12(2)7-5-6-11(12)13/h10-11H,5-9,13H2,1-4H3. The Morgan fingerprint density at radius 3 is 2.73 bits per heavy atom. The van der Waals surface area contributed by atoms with Crippen LogP contribution in [0, 0.1) is 5.41 Å². The Kier molecular flexibility index (Phi) is 4.94. The van der Waals surface area contributed by atoms with Crippen LogP contribution in [0.2, 0.25) is 0 Å². The summed E-state index contributed by atoms with van der Waals surface area (Å²) in [6.45, 7) is 5.81. The van der Waals surface area contributed by atoms with Crippen molar-refractivity contribution in [3.05, 3.63) is 0 Å². The number of hydrogen-bond donors (Lipinski definition) is 1. The minimum Gasteiger partial charge on any atom is -0.327 e. The summed E-state index contributed by atoms with van der Waals surface area (Å²) in [5, 5.41) is 0. The fraction of sp³-hybridized carbons (Fsp3) is 1.00. The summed E-state index contributed by atoms with van der Waals surface area (Å²) >= 11 is 1.92. The first-order valence-corrected chi connectivity index (χ1v) is 7.34. The topological polar surface area (TPSA) is 29.3 Å². The summed E-state index contributed by atoms with van der Waals surface area (Å²) < 4.78 is 0. The molecule has 0 aromatic carbocycles. The van der Waals surface area contributed by atoms with Crippen molar-refractivity contribution >= 4 is 11.8 Å². The van der Waals surface area contributed by atoms with Crippen LogP contribution in [0.5, 0.6) is 0 Å². The average molecular weight is 230 g/mol. The van der Waals surface area contributed by atoms with Crippen LogP contribution in [-0.2, 0) is 0 Å². The van der Waals surface area contributed by atoms with Gasteiger partial charge < -0.3 is 10.6 Å². The number of hydrogen-bond acceptors (Lipinski definition) is 3. The van der Waals surface area contributed by atoms with Gasteiger partial charge in [0.25, 0.3) is 0 Å². The lowest BCUT2D eigenvalue weighted by Gasteiger charge is -2.36. The molecule has 3 atom stereocenters. The van der Waals surface area contributed by atoms with E-state index in [-0.39, 0.29) is 0 Å². The molecule has 3 unspecified atom stereocenters. The first-order chi connectivity index (χ1) is 6.99. The van der Waals surface area contributed by atoms with Crippen LogP contribution in [0.25, 0.3) is 0 Å². The van der Waals surface area contributed by atoms with Crippen molar-refractivity contribution in [2.75, 3.05) is 25.6 Å². The minimum atomic E-state index is 0.349. The maximum absolute atomic E-state index is 6.20. The summed E-state index contributed by atoms with van der Waals surface area (Å²) in [5.74, 6) is 1.21. The van der Waals surface area contributed by atoms with Gasteiger partial charge in [0.1, 0.15) is 0 Å². The molecule has 0 saturated heterocycles. The van der Waals surface area contributed by atoms with Crippen LogP contribution in [0.3, 0.4) is 0 Å². The fourth-order valence-electron chi connectivity index (χ4n) is 2.55. The molecule has 90 valence electrons. The molecule has 0 aliphatic heterocycles. The predicted molar refractivity (Wildman–Crippen MR) is 70.4 cm³/mol. The van der Waals surface area contributed by atoms with Gasteiger partial charge in [0.2, 0.25) is 0 Å². The van der Waals surface area contributed by atoms with Gasteiger partial charge in [-0.3, -0.25) is 0 Å². The van der Waals surface area contributed by atoms with Crippen molar-refractivity contribution in [2.45, 2.75) is 45.2 Å². The molecule has 0 aromatic rings. The number of nitrogens with zero attached hydrogens (tertiary/aromatic N) is 1. The highest BCUT2D eigenvalue weighted by atomic mass is 32.2. The minimum absolute atomic E-state index is 0.349. The molecule has 0 spiro atoms. The van der Waals surface area contributed by atoms with Crippen molar-refractivity contribution in [2.24, 2.45) is 11.1 Å². The van der Waals surface area contributed by atoms with Gasteiger partial charge in [0, 0.05) is 24.4 Å². The molecule has 1 saturated carbocycles. The first-order valence-electron chi connectivity index (χ1n) is 5.94. The smallest absolute Gasteiger partial charge is 0.0155 e. The molecule has 2 nitrogen and oxygen atoms in total. The Balaban J connectivity index is 2.45. The van der Waals surface area contributed by atoms with Crippen molar-refractivity contribution in [3.8, 4) is 0 Å². The summed E-state index contributed by atoms with van der Waals surface area (Å²) in [5.41, 5.74) is 6.55. The number of nitrogens with two attached hydrogens (primary N) is 1. The first kappa shape index (κ1) is 13.3. The van der Waals surface area contributed by atoms with Crippen molar-refractivity contribution in [1.29, 1.82) is 0 Å². The molecule has 0 bridgehead atoms. The van der Waals surface area contributed by atoms with Gasteiger partial charge in [-0.05, 0) is 38.5 Å². The van der Waals surface area contributed by atoms with E-state index in [1.165, 1.54) is 25.0 Å². The van der Waals surface area contributed by atoms with Crippen LogP contribution in [0.15, 0.2) is 0 Å². The maximum atomic E-state index is 6.20. The highest BCUT2D eigenvalue weighted by Gasteiger charge is 2.37. The molecule has 0 heterocycles. The molecule has 1 aliphatic rings. The van der Waals surface area contributed by atoms with E-state index < -0.39 is 0 Å². The predicted octanol–water partition coefficient (Wildman–Crippen LogP) is 2.19. The Hall–Kier alpha value is 0.270. The van der Waals surface area contributed by atoms with E-state index in [1.54, 1.807) is 0 Å². The molecule has 0 aromatic heterocycles. The van der Waals surface area contributed by atoms with Gasteiger partial charge in [0.05, 0.1) is 0 Å². The number of thioether (sulfide) groups is 1. The molecule has 3 heteroatoms. The molecule has 0 amide bonds. The van der Waals surface area contributed by atoms with Gasteiger partial charge in [-0.2, -0.15) is 11.8 Å². The molecule has 1 fully saturated rings. The maximum Gasteiger partial charge on any atom is 0.0155 e. The molecule has 2 N–H and O–H groups in total. The van der Waals surface area contributed by atoms with Gasteiger partial charge in [-0.15, -0.1) is 0 Å². The highest BCUT2D eigenvalue weighted by molar-refractivity contribution is 7.98. The second-order valence-corrected chi connectivity index (χ2v) is 6.28. The van der Waals surface area contributed by atoms with Gasteiger partial charge >= 0.3 is 0 Å². The summed E-state index contributed by atoms with van der Waals surface area (Å²) in [7, 11) is 2.23. The lowest BCUT2D eigenvalue weighted by molar-refractivity contribution is 0.154. The zero-order valence-corrected chi connectivity index (χ0v) is 11.4. The van der Waals surface area contributed by atoms with E-state index in [4.69, 9.17) is 5.73 Å². The van der Waals surface area contributed by atoms with Gasteiger partial charge in [0.15, 0.2) is 0 Å². The van der Waals surface area contributed by atoms with Gasteiger partial charge in [-0.25, -0.2) is 0 Å². The van der Waals surface area contributed by atoms with Crippen molar-refractivity contribution < 1.29 is 0 Å². The Morgan fingerprint density at radius 1 is 1.60 bits per heavy atom. The van der Waals surface area contributed by atoms with E-state index in [0.29, 0.717) is 17.5 Å². The van der Waals surface area contributed by atoms with E-state index in [0.717, 1.165) is 6.54 Å². The van der Waals surface area contributed by atoms with Crippen LogP contribution >= 0.6 is 11.8 Å². The Labute approximate surface area is 99.0 Å². The summed E-state index contributed by atoms with van der Waals surface area (Å²) in [4.78, 5) is 2.47. The molecule has 15 heavy (non-hydrogen) atoms. The second-order valence-electron chi connectivity index (χ2n) is 5.37. The van der Waals surface area contributed by atoms with Crippen LogP contribution < -0.4 is 5.73 Å². The lowest BCUT2D eigenvalue weighted by Crippen LogP contribution is -2.46. The largest absolute Gasteiger partial charge is 0.327 e. The average Bonchev–Trinajstić information content (AvgIpc) is 2.47. The molecular weight excluding hydrogens is 204 g/mol. The molecule has 1 rings (SSSR count). The van der Waals surface area contributed by atoms with Crippen molar-refractivity contribution in [3.63, 3.8) is 0 Å². The van der Waals surface area contributed by atoms with E-state index in [9.17, 15) is 0 Å². The lowest BCUT2D eigenvalue weighted by atomic mass is 9.84. The summed E-state index contributed by atoms with van der Waals surface area (Å²) in [6, 6.07) is 1.06. The molecule has 1 aliphatic carbocycles. The second kappa shape index (κ2) is 5.55. The quantitative estimate of drug-likeness (QED) is 0.785. The zero-order chi connectivity index (χ0) is 11.5. The SMILES string of the molecule is CSCC(C)N(C)CC1(C)CCCC1N. The fourth-order valence-corrected chi connectivity index (χ4v) is 3.29. The van der Waals surface area contributed by atoms with Crippen molar-refractivity contribution in [1.82, 2.24) is 4.90 Å². The van der Waals surface area contributed by atoms with Gasteiger partial charge in [-0.1, -0.05) is 13.3 Å². The van der Waals surface area contributed by atoms with E-state index in [1.807, 2.05) is 11.8 Å². The molecular formula is C12H26N2S. The Morgan fingerprint density at radius 2 is 2.27 bits per heavy atom. The highest BCUT2D eigenvalue weighted by Crippen LogP contribution is 2.37. The van der Waals surface area contributed by atoms with E-state index in [2.05, 4.69) is 32.1 Å². The summed E-state index contributed by atoms with van der Waals surface area (Å²) in [6.07, 6.45) is 5.99. The van der Waals surface area contributed by atoms with E-state index >= 15 is 0 Å². The van der Waals surface area contributed by atoms with Crippen LogP contribution in [-0.4, -0.2) is 42.6 Å². The van der Waals surface area contributed by atoms with Crippen LogP contribution in [0.1, 0.15) is 33.1 Å². The third-order valence-corrected chi connectivity index (χ3v) is 4.74. The molecule has 0 radical (unpaired) electrons. The number of rotatable bonds is 5. The normalized spacial score (nSPS) is 33.6. The Bertz CT molecular complexity index is 198. The van der Waals surface area contributed by atoms with Crippen LogP contribution in [0.4, 0.5) is 0 Å². The zero-order valence-electron chi connectivity index (χ0n) is 10.6.